The van der Waals surface area contributed by atoms with Crippen molar-refractivity contribution in [2.45, 2.75) is 172 Å². The van der Waals surface area contributed by atoms with Crippen LogP contribution in [0.4, 0.5) is 0 Å². The number of esters is 2. The van der Waals surface area contributed by atoms with Gasteiger partial charge in [-0.05, 0) is 66.5 Å². The van der Waals surface area contributed by atoms with Crippen molar-refractivity contribution >= 4 is 18.2 Å². The van der Waals surface area contributed by atoms with Gasteiger partial charge in [0.1, 0.15) is 36.3 Å². The number of rotatable bonds is 11. The standard InChI is InChI=1S/C39H65NO14/c1-10-14-29(44)52-37-25(5)50-31(21-39(37,6)47)53-34-24(4)51-38(33(46)32(34)40(7)8)54-35-26(17-18-41)19-22(2)27(42)16-13-11-12-15-23(3)49-30(45)20-28(43)36(35)48-9/h11-13,16,18,22-28,31-38,42-43,46-47H,10,14-15,17,19-21H2,1-9H3/b12-11+,16-13+/t22-,23-,24-,25+,26-,27+,28-,31+,32-,33-,34-,35+,36+,37+,38+,39-/m1/s1. The van der Waals surface area contributed by atoms with Crippen LogP contribution in [0.2, 0.25) is 0 Å². The molecule has 0 spiro atoms. The molecule has 0 bridgehead atoms. The lowest BCUT2D eigenvalue weighted by atomic mass is 9.82. The Morgan fingerprint density at radius 1 is 1.04 bits per heavy atom. The fraction of sp³-hybridized carbons (Fsp3) is 0.821. The summed E-state index contributed by atoms with van der Waals surface area (Å²) in [5.74, 6) is -2.11. The fourth-order valence-electron chi connectivity index (χ4n) is 7.66. The van der Waals surface area contributed by atoms with Crippen LogP contribution in [0, 0.1) is 11.8 Å². The molecular weight excluding hydrogens is 706 g/mol. The third-order valence-corrected chi connectivity index (χ3v) is 10.5. The lowest BCUT2D eigenvalue weighted by Crippen LogP contribution is -2.66. The summed E-state index contributed by atoms with van der Waals surface area (Å²) in [7, 11) is 4.86. The molecule has 54 heavy (non-hydrogen) atoms. The van der Waals surface area contributed by atoms with Crippen molar-refractivity contribution in [3.8, 4) is 0 Å². The Hall–Kier alpha value is -2.31. The first-order valence-corrected chi connectivity index (χ1v) is 19.2. The molecule has 310 valence electrons. The van der Waals surface area contributed by atoms with Crippen LogP contribution in [0.5, 0.6) is 0 Å². The number of aliphatic hydroxyl groups excluding tert-OH is 3. The minimum absolute atomic E-state index is 0.0274. The van der Waals surface area contributed by atoms with E-state index < -0.39 is 110 Å². The summed E-state index contributed by atoms with van der Waals surface area (Å²) in [4.78, 5) is 39.0. The molecule has 0 unspecified atom stereocenters. The Morgan fingerprint density at radius 2 is 1.74 bits per heavy atom. The van der Waals surface area contributed by atoms with Gasteiger partial charge in [0, 0.05) is 32.8 Å². The predicted octanol–water partition coefficient (Wildman–Crippen LogP) is 2.20. The van der Waals surface area contributed by atoms with Gasteiger partial charge in [0.05, 0.1) is 43.0 Å². The molecule has 0 amide bonds. The molecule has 2 saturated heterocycles. The van der Waals surface area contributed by atoms with Crippen LogP contribution in [0.1, 0.15) is 86.5 Å². The van der Waals surface area contributed by atoms with Crippen molar-refractivity contribution in [2.24, 2.45) is 11.8 Å². The van der Waals surface area contributed by atoms with E-state index in [0.717, 1.165) is 6.29 Å². The summed E-state index contributed by atoms with van der Waals surface area (Å²) in [5, 5.41) is 45.7. The SMILES string of the molecule is CCCC(=O)O[C@H]1[C@H](C)O[C@@H](O[C@H]2[C@H](N(C)C)[C@@H](O)[C@H](O[C@H]3[C@H](CC=O)C[C@@H](C)[C@@H](O)/C=C/C=C/C[C@@H](C)OC(=O)C[C@@H](O)[C@@H]3OC)O[C@@H]2C)C[C@@]1(C)O. The molecule has 16 atom stereocenters. The van der Waals surface area contributed by atoms with E-state index in [-0.39, 0.29) is 31.6 Å². The molecule has 3 aliphatic heterocycles. The van der Waals surface area contributed by atoms with E-state index in [2.05, 4.69) is 0 Å². The fourth-order valence-corrected chi connectivity index (χ4v) is 7.66. The average molecular weight is 772 g/mol. The van der Waals surface area contributed by atoms with Gasteiger partial charge in [-0.15, -0.1) is 0 Å². The zero-order valence-electron chi connectivity index (χ0n) is 33.3. The number of methoxy groups -OCH3 is 1. The summed E-state index contributed by atoms with van der Waals surface area (Å²) < 4.78 is 42.2. The molecule has 15 nitrogen and oxygen atoms in total. The number of hydrogen-bond acceptors (Lipinski definition) is 15. The molecule has 0 aromatic heterocycles. The zero-order valence-corrected chi connectivity index (χ0v) is 33.3. The molecule has 0 aromatic carbocycles. The number of allylic oxidation sites excluding steroid dienone is 2. The highest BCUT2D eigenvalue weighted by Gasteiger charge is 2.52. The Labute approximate surface area is 319 Å². The van der Waals surface area contributed by atoms with Crippen LogP contribution in [0.25, 0.3) is 0 Å². The molecule has 3 heterocycles. The predicted molar refractivity (Wildman–Crippen MR) is 196 cm³/mol. The van der Waals surface area contributed by atoms with Crippen molar-refractivity contribution < 1.29 is 68.0 Å². The van der Waals surface area contributed by atoms with E-state index in [1.165, 1.54) is 7.11 Å². The number of ether oxygens (including phenoxy) is 7. The van der Waals surface area contributed by atoms with Gasteiger partial charge >= 0.3 is 11.9 Å². The highest BCUT2D eigenvalue weighted by atomic mass is 16.7. The normalized spacial score (nSPS) is 42.9. The van der Waals surface area contributed by atoms with Gasteiger partial charge in [0.2, 0.25) is 0 Å². The minimum atomic E-state index is -1.47. The molecule has 3 aliphatic rings. The van der Waals surface area contributed by atoms with Crippen molar-refractivity contribution in [1.29, 1.82) is 0 Å². The third-order valence-electron chi connectivity index (χ3n) is 10.5. The van der Waals surface area contributed by atoms with Crippen LogP contribution < -0.4 is 0 Å². The maximum Gasteiger partial charge on any atom is 0.308 e. The monoisotopic (exact) mass is 771 g/mol. The number of carbonyl (C=O) groups is 3. The van der Waals surface area contributed by atoms with Crippen molar-refractivity contribution in [1.82, 2.24) is 4.90 Å². The average Bonchev–Trinajstić information content (AvgIpc) is 3.07. The number of cyclic esters (lactones) is 1. The Morgan fingerprint density at radius 3 is 2.35 bits per heavy atom. The van der Waals surface area contributed by atoms with E-state index in [1.807, 2.05) is 19.9 Å². The number of carbonyl (C=O) groups excluding carboxylic acids is 3. The lowest BCUT2D eigenvalue weighted by Gasteiger charge is -2.50. The van der Waals surface area contributed by atoms with Gasteiger partial charge in [-0.1, -0.05) is 38.2 Å². The molecular formula is C39H65NO14. The summed E-state index contributed by atoms with van der Waals surface area (Å²) in [6.45, 7) is 10.4. The van der Waals surface area contributed by atoms with Gasteiger partial charge in [-0.3, -0.25) is 9.59 Å². The molecule has 0 aromatic rings. The van der Waals surface area contributed by atoms with Gasteiger partial charge in [-0.25, -0.2) is 0 Å². The molecule has 4 N–H and O–H groups in total. The Balaban J connectivity index is 1.91. The van der Waals surface area contributed by atoms with Crippen molar-refractivity contribution in [2.75, 3.05) is 21.2 Å². The highest BCUT2D eigenvalue weighted by Crippen LogP contribution is 2.37. The third kappa shape index (κ3) is 12.6. The number of aldehydes is 1. The highest BCUT2D eigenvalue weighted by molar-refractivity contribution is 5.70. The van der Waals surface area contributed by atoms with Crippen molar-refractivity contribution in [3.05, 3.63) is 24.3 Å². The minimum Gasteiger partial charge on any atom is -0.462 e. The first kappa shape index (κ1) is 46.1. The quantitative estimate of drug-likeness (QED) is 0.176. The first-order chi connectivity index (χ1) is 25.4. The van der Waals surface area contributed by atoms with E-state index in [1.54, 1.807) is 64.9 Å². The summed E-state index contributed by atoms with van der Waals surface area (Å²) >= 11 is 0. The largest absolute Gasteiger partial charge is 0.462 e. The van der Waals surface area contributed by atoms with Crippen LogP contribution >= 0.6 is 0 Å². The summed E-state index contributed by atoms with van der Waals surface area (Å²) in [5.41, 5.74) is -1.47. The second kappa shape index (κ2) is 21.3. The van der Waals surface area contributed by atoms with E-state index in [0.29, 0.717) is 12.8 Å². The van der Waals surface area contributed by atoms with Gasteiger partial charge in [0.15, 0.2) is 18.7 Å². The molecule has 0 aliphatic carbocycles. The molecule has 2 fully saturated rings. The lowest BCUT2D eigenvalue weighted by molar-refractivity contribution is -0.344. The molecule has 15 heteroatoms. The zero-order chi connectivity index (χ0) is 40.3. The van der Waals surface area contributed by atoms with Crippen molar-refractivity contribution in [3.63, 3.8) is 0 Å². The second-order valence-electron chi connectivity index (χ2n) is 15.5. The summed E-state index contributed by atoms with van der Waals surface area (Å²) in [6.07, 6.45) is -3.26. The van der Waals surface area contributed by atoms with Gasteiger partial charge in [0.25, 0.3) is 0 Å². The topological polar surface area (TPSA) is 200 Å². The van der Waals surface area contributed by atoms with E-state index in [9.17, 15) is 34.8 Å². The second-order valence-corrected chi connectivity index (χ2v) is 15.5. The Kier molecular flexibility index (Phi) is 18.2. The number of hydrogen-bond donors (Lipinski definition) is 4. The van der Waals surface area contributed by atoms with Crippen LogP contribution in [-0.2, 0) is 47.5 Å². The smallest absolute Gasteiger partial charge is 0.308 e. The van der Waals surface area contributed by atoms with E-state index in [4.69, 9.17) is 33.2 Å². The molecule has 3 rings (SSSR count). The van der Waals surface area contributed by atoms with Crippen LogP contribution in [0.3, 0.4) is 0 Å². The van der Waals surface area contributed by atoms with Gasteiger partial charge in [-0.2, -0.15) is 0 Å². The van der Waals surface area contributed by atoms with E-state index >= 15 is 0 Å². The molecule has 0 radical (unpaired) electrons. The number of aliphatic hydroxyl groups is 4. The van der Waals surface area contributed by atoms with Crippen LogP contribution in [-0.4, -0.2) is 150 Å². The number of nitrogens with zero attached hydrogens (tertiary/aromatic N) is 1. The van der Waals surface area contributed by atoms with Gasteiger partial charge < -0.3 is 63.3 Å². The maximum atomic E-state index is 12.9. The maximum absolute atomic E-state index is 12.9. The Bertz CT molecular complexity index is 1240. The van der Waals surface area contributed by atoms with Crippen LogP contribution in [0.15, 0.2) is 24.3 Å². The summed E-state index contributed by atoms with van der Waals surface area (Å²) in [6, 6.07) is -0.750. The first-order valence-electron chi connectivity index (χ1n) is 19.2. The molecule has 0 saturated carbocycles. The number of likely N-dealkylation sites (N-methyl/N-ethyl adjacent to an activating group) is 1.